The highest BCUT2D eigenvalue weighted by atomic mass is 32.1. The van der Waals surface area contributed by atoms with Crippen molar-refractivity contribution in [2.45, 2.75) is 0 Å². The van der Waals surface area contributed by atoms with Crippen LogP contribution in [0.25, 0.3) is 0 Å². The van der Waals surface area contributed by atoms with Crippen LogP contribution in [0.1, 0.15) is 5.56 Å². The minimum absolute atomic E-state index is 0.364. The molecule has 2 aromatic rings. The lowest BCUT2D eigenvalue weighted by Crippen LogP contribution is -2.15. The maximum Gasteiger partial charge on any atom is 0.236 e. The second-order valence-corrected chi connectivity index (χ2v) is 4.66. The molecule has 0 amide bonds. The number of anilines is 2. The van der Waals surface area contributed by atoms with Crippen LogP contribution in [-0.2, 0) is 0 Å². The number of hydrogen-bond acceptors (Lipinski definition) is 6. The van der Waals surface area contributed by atoms with Crippen molar-refractivity contribution in [1.29, 1.82) is 0 Å². The summed E-state index contributed by atoms with van der Waals surface area (Å²) in [4.78, 5) is 10.8. The Bertz CT molecular complexity index is 624. The molecular formula is C14H16N4O2S. The highest BCUT2D eigenvalue weighted by Crippen LogP contribution is 2.25. The first-order valence-corrected chi connectivity index (χ1v) is 6.56. The van der Waals surface area contributed by atoms with Crippen molar-refractivity contribution >= 4 is 28.8 Å². The van der Waals surface area contributed by atoms with Crippen LogP contribution in [-0.4, -0.2) is 36.2 Å². The average Bonchev–Trinajstić information content (AvgIpc) is 2.53. The Kier molecular flexibility index (Phi) is 4.54. The van der Waals surface area contributed by atoms with Gasteiger partial charge in [-0.1, -0.05) is 12.2 Å². The number of nitrogens with two attached hydrogens (primary N) is 1. The predicted octanol–water partition coefficient (Wildman–Crippen LogP) is 1.90. The summed E-state index contributed by atoms with van der Waals surface area (Å²) in [5.41, 5.74) is 7.29. The van der Waals surface area contributed by atoms with E-state index in [0.29, 0.717) is 22.7 Å². The molecule has 0 atom stereocenters. The maximum absolute atomic E-state index is 5.59. The fourth-order valence-corrected chi connectivity index (χ4v) is 1.85. The molecule has 6 nitrogen and oxygen atoms in total. The lowest BCUT2D eigenvalue weighted by Gasteiger charge is -2.18. The quantitative estimate of drug-likeness (QED) is 0.846. The van der Waals surface area contributed by atoms with E-state index in [2.05, 4.69) is 9.97 Å². The third kappa shape index (κ3) is 3.38. The molecule has 0 fully saturated rings. The zero-order valence-electron chi connectivity index (χ0n) is 12.0. The van der Waals surface area contributed by atoms with E-state index in [1.165, 1.54) is 0 Å². The van der Waals surface area contributed by atoms with Crippen molar-refractivity contribution in [2.24, 2.45) is 5.73 Å². The van der Waals surface area contributed by atoms with E-state index in [4.69, 9.17) is 27.4 Å². The molecule has 0 unspecified atom stereocenters. The molecule has 1 aromatic carbocycles. The summed E-state index contributed by atoms with van der Waals surface area (Å²) in [5, 5.41) is 0. The molecule has 0 radical (unpaired) electrons. The van der Waals surface area contributed by atoms with Crippen molar-refractivity contribution < 1.29 is 9.47 Å². The van der Waals surface area contributed by atoms with Crippen LogP contribution in [0.3, 0.4) is 0 Å². The molecule has 2 rings (SSSR count). The van der Waals surface area contributed by atoms with E-state index in [9.17, 15) is 0 Å². The summed E-state index contributed by atoms with van der Waals surface area (Å²) in [5.74, 6) is 1.33. The smallest absolute Gasteiger partial charge is 0.236 e. The third-order valence-corrected chi connectivity index (χ3v) is 3.16. The Morgan fingerprint density at radius 1 is 1.10 bits per heavy atom. The molecular weight excluding hydrogens is 288 g/mol. The summed E-state index contributed by atoms with van der Waals surface area (Å²) < 4.78 is 10.3. The third-order valence-electron chi connectivity index (χ3n) is 2.92. The Morgan fingerprint density at radius 2 is 1.62 bits per heavy atom. The number of benzene rings is 1. The molecule has 110 valence electrons. The average molecular weight is 304 g/mol. The monoisotopic (exact) mass is 304 g/mol. The molecule has 0 saturated carbocycles. The molecule has 0 aliphatic carbocycles. The summed E-state index contributed by atoms with van der Waals surface area (Å²) >= 11 is 4.94. The van der Waals surface area contributed by atoms with Crippen molar-refractivity contribution in [3.63, 3.8) is 0 Å². The number of ether oxygens (including phenoxy) is 2. The van der Waals surface area contributed by atoms with Crippen LogP contribution in [0.2, 0.25) is 0 Å². The summed E-state index contributed by atoms with van der Waals surface area (Å²) in [6.45, 7) is 0. The van der Waals surface area contributed by atoms with Crippen LogP contribution in [0.15, 0.2) is 30.3 Å². The van der Waals surface area contributed by atoms with Crippen LogP contribution >= 0.6 is 12.2 Å². The fourth-order valence-electron chi connectivity index (χ4n) is 1.72. The molecule has 21 heavy (non-hydrogen) atoms. The molecule has 1 heterocycles. The van der Waals surface area contributed by atoms with Gasteiger partial charge in [0.1, 0.15) is 4.99 Å². The standard InChI is InChI=1S/C14H16N4O2S/c1-18(10-6-4-9(5-7-10)13(15)21)14-16-11(19-2)8-12(17-14)20-3/h4-8H,1-3H3,(H2,15,21). The number of methoxy groups -OCH3 is 2. The van der Waals surface area contributed by atoms with Gasteiger partial charge in [-0.25, -0.2) is 0 Å². The SMILES string of the molecule is COc1cc(OC)nc(N(C)c2ccc(C(N)=S)cc2)n1. The second kappa shape index (κ2) is 6.36. The fraction of sp³-hybridized carbons (Fsp3) is 0.214. The Balaban J connectivity index is 2.34. The topological polar surface area (TPSA) is 73.5 Å². The molecule has 0 bridgehead atoms. The first-order valence-electron chi connectivity index (χ1n) is 6.16. The Morgan fingerprint density at radius 3 is 2.05 bits per heavy atom. The van der Waals surface area contributed by atoms with Crippen molar-refractivity contribution in [1.82, 2.24) is 9.97 Å². The molecule has 0 saturated heterocycles. The summed E-state index contributed by atoms with van der Waals surface area (Å²) in [6.07, 6.45) is 0. The largest absolute Gasteiger partial charge is 0.481 e. The second-order valence-electron chi connectivity index (χ2n) is 4.22. The van der Waals surface area contributed by atoms with E-state index in [0.717, 1.165) is 11.3 Å². The maximum atomic E-state index is 5.59. The number of thiocarbonyl (C=S) groups is 1. The first kappa shape index (κ1) is 15.0. The van der Waals surface area contributed by atoms with Crippen LogP contribution < -0.4 is 20.1 Å². The Hall–Kier alpha value is -2.41. The van der Waals surface area contributed by atoms with Crippen LogP contribution in [0.5, 0.6) is 11.8 Å². The molecule has 0 aliphatic heterocycles. The van der Waals surface area contributed by atoms with E-state index in [1.807, 2.05) is 36.2 Å². The van der Waals surface area contributed by atoms with Gasteiger partial charge in [0.25, 0.3) is 0 Å². The van der Waals surface area contributed by atoms with Gasteiger partial charge in [0, 0.05) is 18.3 Å². The first-order chi connectivity index (χ1) is 10.0. The predicted molar refractivity (Wildman–Crippen MR) is 85.5 cm³/mol. The molecule has 0 aliphatic rings. The van der Waals surface area contributed by atoms with Crippen LogP contribution in [0.4, 0.5) is 11.6 Å². The van der Waals surface area contributed by atoms with E-state index in [1.54, 1.807) is 20.3 Å². The zero-order chi connectivity index (χ0) is 15.4. The number of rotatable bonds is 5. The Labute approximate surface area is 128 Å². The highest BCUT2D eigenvalue weighted by molar-refractivity contribution is 7.80. The zero-order valence-corrected chi connectivity index (χ0v) is 12.8. The summed E-state index contributed by atoms with van der Waals surface area (Å²) in [6, 6.07) is 9.11. The normalized spacial score (nSPS) is 10.0. The van der Waals surface area contributed by atoms with Gasteiger partial charge in [0.05, 0.1) is 20.3 Å². The van der Waals surface area contributed by atoms with E-state index in [-0.39, 0.29) is 0 Å². The van der Waals surface area contributed by atoms with Gasteiger partial charge < -0.3 is 20.1 Å². The molecule has 0 spiro atoms. The van der Waals surface area contributed by atoms with Gasteiger partial charge in [-0.2, -0.15) is 9.97 Å². The number of aromatic nitrogens is 2. The summed E-state index contributed by atoms with van der Waals surface area (Å²) in [7, 11) is 4.94. The van der Waals surface area contributed by atoms with Crippen molar-refractivity contribution in [3.05, 3.63) is 35.9 Å². The van der Waals surface area contributed by atoms with Gasteiger partial charge in [-0.3, -0.25) is 0 Å². The van der Waals surface area contributed by atoms with E-state index < -0.39 is 0 Å². The van der Waals surface area contributed by atoms with Crippen molar-refractivity contribution in [2.75, 3.05) is 26.2 Å². The van der Waals surface area contributed by atoms with Gasteiger partial charge in [-0.05, 0) is 24.3 Å². The minimum atomic E-state index is 0.364. The molecule has 7 heteroatoms. The van der Waals surface area contributed by atoms with Gasteiger partial charge in [0.15, 0.2) is 0 Å². The van der Waals surface area contributed by atoms with Crippen molar-refractivity contribution in [3.8, 4) is 11.8 Å². The van der Waals surface area contributed by atoms with E-state index >= 15 is 0 Å². The highest BCUT2D eigenvalue weighted by Gasteiger charge is 2.11. The minimum Gasteiger partial charge on any atom is -0.481 e. The number of nitrogens with zero attached hydrogens (tertiary/aromatic N) is 3. The van der Waals surface area contributed by atoms with Crippen LogP contribution in [0, 0.1) is 0 Å². The molecule has 1 aromatic heterocycles. The van der Waals surface area contributed by atoms with Gasteiger partial charge >= 0.3 is 0 Å². The van der Waals surface area contributed by atoms with Gasteiger partial charge in [0.2, 0.25) is 17.7 Å². The lowest BCUT2D eigenvalue weighted by atomic mass is 10.2. The molecule has 2 N–H and O–H groups in total. The number of hydrogen-bond donors (Lipinski definition) is 1. The van der Waals surface area contributed by atoms with Gasteiger partial charge in [-0.15, -0.1) is 0 Å². The lowest BCUT2D eigenvalue weighted by molar-refractivity contribution is 0.372.